The lowest BCUT2D eigenvalue weighted by Crippen LogP contribution is -2.24. The van der Waals surface area contributed by atoms with E-state index in [0.29, 0.717) is 0 Å². The molecule has 1 nitrogen and oxygen atoms in total. The van der Waals surface area contributed by atoms with Crippen molar-refractivity contribution in [3.63, 3.8) is 0 Å². The Morgan fingerprint density at radius 3 is 2.38 bits per heavy atom. The van der Waals surface area contributed by atoms with Gasteiger partial charge in [0.05, 0.1) is 0 Å². The van der Waals surface area contributed by atoms with Crippen molar-refractivity contribution in [2.45, 2.75) is 26.3 Å². The van der Waals surface area contributed by atoms with Gasteiger partial charge in [-0.15, -0.1) is 0 Å². The highest BCUT2D eigenvalue weighted by Gasteiger charge is 2.18. The number of likely N-dealkylation sites (N-methyl/N-ethyl adjacent to an activating group) is 1. The van der Waals surface area contributed by atoms with E-state index in [-0.39, 0.29) is 18.0 Å². The van der Waals surface area contributed by atoms with Gasteiger partial charge in [0, 0.05) is 16.1 Å². The molecule has 0 saturated carbocycles. The summed E-state index contributed by atoms with van der Waals surface area (Å²) in [5.41, 5.74) is 2.28. The van der Waals surface area contributed by atoms with Gasteiger partial charge in [-0.2, -0.15) is 0 Å². The van der Waals surface area contributed by atoms with Crippen LogP contribution in [0.5, 0.6) is 0 Å². The molecule has 0 amide bonds. The van der Waals surface area contributed by atoms with E-state index in [1.54, 1.807) is 0 Å². The molecule has 0 saturated heterocycles. The Hall–Kier alpha value is -1.26. The summed E-state index contributed by atoms with van der Waals surface area (Å²) in [4.78, 5) is 0. The van der Waals surface area contributed by atoms with Crippen LogP contribution < -0.4 is 5.32 Å². The van der Waals surface area contributed by atoms with Gasteiger partial charge in [0.25, 0.3) is 0 Å². The van der Waals surface area contributed by atoms with Gasteiger partial charge in [-0.3, -0.25) is 0 Å². The second-order valence-corrected chi connectivity index (χ2v) is 5.93. The molecule has 0 aliphatic carbocycles. The topological polar surface area (TPSA) is 12.0 Å². The minimum atomic E-state index is -0.493. The normalized spacial score (nSPS) is 12.4. The number of rotatable bonds is 5. The first-order valence-electron chi connectivity index (χ1n) is 6.95. The van der Waals surface area contributed by atoms with Crippen molar-refractivity contribution < 1.29 is 8.78 Å². The molecule has 1 N–H and O–H groups in total. The fourth-order valence-electron chi connectivity index (χ4n) is 2.50. The van der Waals surface area contributed by atoms with Gasteiger partial charge in [0.15, 0.2) is 0 Å². The number of benzene rings is 2. The Labute approximate surface area is 132 Å². The molecular formula is C17H18BrF2N. The first-order chi connectivity index (χ1) is 10.0. The lowest BCUT2D eigenvalue weighted by atomic mass is 9.95. The molecule has 4 heteroatoms. The number of halogens is 3. The average molecular weight is 354 g/mol. The molecule has 2 aromatic rings. The zero-order valence-electron chi connectivity index (χ0n) is 12.1. The lowest BCUT2D eigenvalue weighted by Gasteiger charge is -2.21. The summed E-state index contributed by atoms with van der Waals surface area (Å²) in [6.45, 7) is 4.72. The molecule has 0 aliphatic rings. The molecule has 112 valence electrons. The third kappa shape index (κ3) is 3.89. The number of hydrogen-bond donors (Lipinski definition) is 1. The standard InChI is InChI=1S/C17H18BrF2N/c1-3-21-17(13-8-7-12(18)9-11(13)2)10-14-15(19)5-4-6-16(14)20/h4-9,17,21H,3,10H2,1-2H3. The van der Waals surface area contributed by atoms with Gasteiger partial charge in [0.1, 0.15) is 11.6 Å². The second kappa shape index (κ2) is 7.14. The van der Waals surface area contributed by atoms with Crippen LogP contribution in [0.25, 0.3) is 0 Å². The molecule has 2 rings (SSSR count). The predicted octanol–water partition coefficient (Wildman–Crippen LogP) is 4.93. The Bertz CT molecular complexity index is 608. The number of hydrogen-bond acceptors (Lipinski definition) is 1. The highest BCUT2D eigenvalue weighted by molar-refractivity contribution is 9.10. The molecule has 0 bridgehead atoms. The van der Waals surface area contributed by atoms with Crippen LogP contribution in [0.1, 0.15) is 29.7 Å². The lowest BCUT2D eigenvalue weighted by molar-refractivity contribution is 0.498. The summed E-state index contributed by atoms with van der Waals surface area (Å²) in [6.07, 6.45) is 0.287. The van der Waals surface area contributed by atoms with Crippen LogP contribution in [0, 0.1) is 18.6 Å². The summed E-state index contributed by atoms with van der Waals surface area (Å²) in [5.74, 6) is -0.986. The summed E-state index contributed by atoms with van der Waals surface area (Å²) >= 11 is 3.43. The van der Waals surface area contributed by atoms with E-state index in [0.717, 1.165) is 22.1 Å². The molecule has 1 unspecified atom stereocenters. The second-order valence-electron chi connectivity index (χ2n) is 5.02. The van der Waals surface area contributed by atoms with E-state index >= 15 is 0 Å². The highest BCUT2D eigenvalue weighted by Crippen LogP contribution is 2.26. The van der Waals surface area contributed by atoms with E-state index in [9.17, 15) is 8.78 Å². The van der Waals surface area contributed by atoms with Gasteiger partial charge >= 0.3 is 0 Å². The molecule has 0 aliphatic heterocycles. The SMILES string of the molecule is CCNC(Cc1c(F)cccc1F)c1ccc(Br)cc1C. The van der Waals surface area contributed by atoms with Crippen molar-refractivity contribution in [1.82, 2.24) is 5.32 Å². The summed E-state index contributed by atoms with van der Waals surface area (Å²) in [6, 6.07) is 9.83. The van der Waals surface area contributed by atoms with Crippen molar-refractivity contribution in [2.24, 2.45) is 0 Å². The van der Waals surface area contributed by atoms with Crippen LogP contribution in [-0.4, -0.2) is 6.54 Å². The molecular weight excluding hydrogens is 336 g/mol. The van der Waals surface area contributed by atoms with Gasteiger partial charge in [-0.1, -0.05) is 35.0 Å². The van der Waals surface area contributed by atoms with Crippen LogP contribution in [0.3, 0.4) is 0 Å². The van der Waals surface area contributed by atoms with Crippen LogP contribution in [0.4, 0.5) is 8.78 Å². The maximum absolute atomic E-state index is 13.9. The zero-order chi connectivity index (χ0) is 15.4. The van der Waals surface area contributed by atoms with E-state index in [1.807, 2.05) is 32.0 Å². The number of aryl methyl sites for hydroxylation is 1. The largest absolute Gasteiger partial charge is 0.310 e. The monoisotopic (exact) mass is 353 g/mol. The smallest absolute Gasteiger partial charge is 0.129 e. The maximum atomic E-state index is 13.9. The third-order valence-corrected chi connectivity index (χ3v) is 4.02. The first kappa shape index (κ1) is 16.1. The molecule has 2 aromatic carbocycles. The third-order valence-electron chi connectivity index (χ3n) is 3.53. The maximum Gasteiger partial charge on any atom is 0.129 e. The Balaban J connectivity index is 2.35. The van der Waals surface area contributed by atoms with Crippen LogP contribution in [0.15, 0.2) is 40.9 Å². The molecule has 21 heavy (non-hydrogen) atoms. The van der Waals surface area contributed by atoms with Crippen molar-refractivity contribution in [1.29, 1.82) is 0 Å². The van der Waals surface area contributed by atoms with Gasteiger partial charge in [0.2, 0.25) is 0 Å². The van der Waals surface area contributed by atoms with E-state index in [2.05, 4.69) is 21.2 Å². The quantitative estimate of drug-likeness (QED) is 0.803. The van der Waals surface area contributed by atoms with Crippen LogP contribution in [-0.2, 0) is 6.42 Å². The first-order valence-corrected chi connectivity index (χ1v) is 7.74. The molecule has 0 aromatic heterocycles. The average Bonchev–Trinajstić information content (AvgIpc) is 2.42. The minimum Gasteiger partial charge on any atom is -0.310 e. The van der Waals surface area contributed by atoms with E-state index in [1.165, 1.54) is 18.2 Å². The van der Waals surface area contributed by atoms with Gasteiger partial charge < -0.3 is 5.32 Å². The fraction of sp³-hybridized carbons (Fsp3) is 0.294. The molecule has 0 heterocycles. The summed E-state index contributed by atoms with van der Waals surface area (Å²) in [7, 11) is 0. The fourth-order valence-corrected chi connectivity index (χ4v) is 2.98. The summed E-state index contributed by atoms with van der Waals surface area (Å²) in [5, 5.41) is 3.31. The van der Waals surface area contributed by atoms with Gasteiger partial charge in [-0.05, 0) is 55.3 Å². The van der Waals surface area contributed by atoms with E-state index < -0.39 is 11.6 Å². The van der Waals surface area contributed by atoms with Crippen molar-refractivity contribution >= 4 is 15.9 Å². The predicted molar refractivity (Wildman–Crippen MR) is 85.4 cm³/mol. The zero-order valence-corrected chi connectivity index (χ0v) is 13.7. The highest BCUT2D eigenvalue weighted by atomic mass is 79.9. The Morgan fingerprint density at radius 2 is 1.81 bits per heavy atom. The summed E-state index contributed by atoms with van der Waals surface area (Å²) < 4.78 is 28.7. The molecule has 1 atom stereocenters. The van der Waals surface area contributed by atoms with E-state index in [4.69, 9.17) is 0 Å². The van der Waals surface area contributed by atoms with Gasteiger partial charge in [-0.25, -0.2) is 8.78 Å². The van der Waals surface area contributed by atoms with Crippen molar-refractivity contribution in [3.05, 3.63) is 69.2 Å². The molecule has 0 spiro atoms. The van der Waals surface area contributed by atoms with Crippen LogP contribution in [0.2, 0.25) is 0 Å². The van der Waals surface area contributed by atoms with Crippen LogP contribution >= 0.6 is 15.9 Å². The molecule has 0 fully saturated rings. The van der Waals surface area contributed by atoms with Crippen molar-refractivity contribution in [2.75, 3.05) is 6.54 Å². The number of nitrogens with one attached hydrogen (secondary N) is 1. The Morgan fingerprint density at radius 1 is 1.14 bits per heavy atom. The Kier molecular flexibility index (Phi) is 5.48. The molecule has 0 radical (unpaired) electrons. The minimum absolute atomic E-state index is 0.116. The van der Waals surface area contributed by atoms with Crippen molar-refractivity contribution in [3.8, 4) is 0 Å².